The minimum atomic E-state index is -0.145. The molecule has 2 N–H and O–H groups in total. The zero-order valence-electron chi connectivity index (χ0n) is 10.4. The largest absolute Gasteiger partial charge is 0.396 e. The van der Waals surface area contributed by atoms with E-state index < -0.39 is 0 Å². The molecule has 1 unspecified atom stereocenters. The van der Waals surface area contributed by atoms with Gasteiger partial charge in [0, 0.05) is 13.2 Å². The Labute approximate surface area is 122 Å². The number of aliphatic hydroxyl groups is 1. The van der Waals surface area contributed by atoms with E-state index >= 15 is 0 Å². The van der Waals surface area contributed by atoms with Gasteiger partial charge in [-0.25, -0.2) is 0 Å². The summed E-state index contributed by atoms with van der Waals surface area (Å²) in [5, 5.41) is 12.6. The highest BCUT2D eigenvalue weighted by Crippen LogP contribution is 2.29. The molecule has 0 spiro atoms. The number of halogens is 2. The molecule has 19 heavy (non-hydrogen) atoms. The van der Waals surface area contributed by atoms with Gasteiger partial charge in [-0.1, -0.05) is 29.3 Å². The summed E-state index contributed by atoms with van der Waals surface area (Å²) in [6.07, 6.45) is 0.927. The van der Waals surface area contributed by atoms with Crippen molar-refractivity contribution in [2.75, 3.05) is 31.6 Å². The second-order valence-corrected chi connectivity index (χ2v) is 5.53. The molecule has 1 heterocycles. The van der Waals surface area contributed by atoms with Gasteiger partial charge in [-0.15, -0.1) is 0 Å². The molecule has 1 aromatic carbocycles. The third-order valence-electron chi connectivity index (χ3n) is 3.22. The first kappa shape index (κ1) is 14.6. The van der Waals surface area contributed by atoms with Crippen molar-refractivity contribution in [1.29, 1.82) is 0 Å². The summed E-state index contributed by atoms with van der Waals surface area (Å²) in [4.78, 5) is 14.0. The van der Waals surface area contributed by atoms with E-state index in [1.807, 2.05) is 4.90 Å². The Balaban J connectivity index is 1.91. The minimum absolute atomic E-state index is 0.145. The molecule has 1 saturated heterocycles. The van der Waals surface area contributed by atoms with Gasteiger partial charge in [-0.2, -0.15) is 0 Å². The Kier molecular flexibility index (Phi) is 5.05. The number of carbonyl (C=O) groups is 1. The Morgan fingerprint density at radius 1 is 1.42 bits per heavy atom. The number of amides is 1. The highest BCUT2D eigenvalue weighted by Gasteiger charge is 2.23. The molecule has 1 atom stereocenters. The molecule has 0 aliphatic carbocycles. The number of para-hydroxylation sites is 1. The van der Waals surface area contributed by atoms with Crippen LogP contribution in [0, 0.1) is 5.92 Å². The molecule has 104 valence electrons. The molecule has 0 aromatic heterocycles. The number of nitrogens with one attached hydrogen (secondary N) is 1. The number of rotatable bonds is 4. The number of carbonyl (C=O) groups excluding carboxylic acids is 1. The number of hydrogen-bond acceptors (Lipinski definition) is 3. The van der Waals surface area contributed by atoms with Crippen LogP contribution in [0.2, 0.25) is 10.0 Å². The topological polar surface area (TPSA) is 52.6 Å². The van der Waals surface area contributed by atoms with Crippen molar-refractivity contribution in [2.24, 2.45) is 5.92 Å². The maximum Gasteiger partial charge on any atom is 0.238 e. The van der Waals surface area contributed by atoms with E-state index in [-0.39, 0.29) is 25.0 Å². The molecule has 1 fully saturated rings. The summed E-state index contributed by atoms with van der Waals surface area (Å²) in [6.45, 7) is 2.04. The number of nitrogens with zero attached hydrogens (tertiary/aromatic N) is 1. The van der Waals surface area contributed by atoms with Crippen LogP contribution < -0.4 is 5.32 Å². The van der Waals surface area contributed by atoms with Gasteiger partial charge in [0.05, 0.1) is 22.3 Å². The summed E-state index contributed by atoms with van der Waals surface area (Å²) in [5.41, 5.74) is 0.453. The molecule has 1 aliphatic heterocycles. The van der Waals surface area contributed by atoms with Gasteiger partial charge < -0.3 is 10.4 Å². The maximum absolute atomic E-state index is 11.9. The van der Waals surface area contributed by atoms with Crippen molar-refractivity contribution in [3.8, 4) is 0 Å². The Hall–Kier alpha value is -0.810. The predicted octanol–water partition coefficient (Wildman–Crippen LogP) is 2.25. The number of hydrogen-bond donors (Lipinski definition) is 2. The van der Waals surface area contributed by atoms with Crippen molar-refractivity contribution in [3.63, 3.8) is 0 Å². The normalized spacial score (nSPS) is 19.6. The van der Waals surface area contributed by atoms with Gasteiger partial charge in [0.25, 0.3) is 0 Å². The van der Waals surface area contributed by atoms with Gasteiger partial charge >= 0.3 is 0 Å². The fourth-order valence-electron chi connectivity index (χ4n) is 2.20. The highest BCUT2D eigenvalue weighted by atomic mass is 35.5. The predicted molar refractivity (Wildman–Crippen MR) is 76.7 cm³/mol. The Bertz CT molecular complexity index is 448. The average molecular weight is 303 g/mol. The van der Waals surface area contributed by atoms with Crippen LogP contribution in [-0.2, 0) is 4.79 Å². The van der Waals surface area contributed by atoms with Crippen LogP contribution in [0.1, 0.15) is 6.42 Å². The van der Waals surface area contributed by atoms with Crippen LogP contribution in [0.5, 0.6) is 0 Å². The number of benzene rings is 1. The van der Waals surface area contributed by atoms with Crippen LogP contribution in [-0.4, -0.2) is 42.2 Å². The molecule has 6 heteroatoms. The zero-order valence-corrected chi connectivity index (χ0v) is 11.9. The molecule has 0 bridgehead atoms. The van der Waals surface area contributed by atoms with Crippen molar-refractivity contribution < 1.29 is 9.90 Å². The fourth-order valence-corrected chi connectivity index (χ4v) is 2.70. The molecular weight excluding hydrogens is 287 g/mol. The van der Waals surface area contributed by atoms with Crippen LogP contribution in [0.4, 0.5) is 5.69 Å². The van der Waals surface area contributed by atoms with Gasteiger partial charge in [0.2, 0.25) is 5.91 Å². The number of likely N-dealkylation sites (tertiary alicyclic amines) is 1. The van der Waals surface area contributed by atoms with Crippen molar-refractivity contribution in [2.45, 2.75) is 6.42 Å². The molecule has 2 rings (SSSR count). The number of aliphatic hydroxyl groups excluding tert-OH is 1. The molecule has 1 aliphatic rings. The zero-order chi connectivity index (χ0) is 13.8. The van der Waals surface area contributed by atoms with Crippen LogP contribution in [0.15, 0.2) is 18.2 Å². The van der Waals surface area contributed by atoms with Gasteiger partial charge in [0.15, 0.2) is 0 Å². The standard InChI is InChI=1S/C13H16Cl2N2O2/c14-10-2-1-3-11(15)13(10)16-12(19)7-17-5-4-9(6-17)8-18/h1-3,9,18H,4-8H2,(H,16,19). The Morgan fingerprint density at radius 3 is 2.68 bits per heavy atom. The molecule has 1 aromatic rings. The molecule has 1 amide bonds. The quantitative estimate of drug-likeness (QED) is 0.897. The van der Waals surface area contributed by atoms with Gasteiger partial charge in [-0.05, 0) is 31.0 Å². The third kappa shape index (κ3) is 3.83. The average Bonchev–Trinajstić information content (AvgIpc) is 2.81. The molecular formula is C13H16Cl2N2O2. The van der Waals surface area contributed by atoms with E-state index in [2.05, 4.69) is 5.32 Å². The second kappa shape index (κ2) is 6.57. The lowest BCUT2D eigenvalue weighted by atomic mass is 10.1. The van der Waals surface area contributed by atoms with E-state index in [9.17, 15) is 4.79 Å². The van der Waals surface area contributed by atoms with Gasteiger partial charge in [-0.3, -0.25) is 9.69 Å². The first-order valence-electron chi connectivity index (χ1n) is 6.17. The number of anilines is 1. The van der Waals surface area contributed by atoms with Crippen molar-refractivity contribution in [3.05, 3.63) is 28.2 Å². The van der Waals surface area contributed by atoms with E-state index in [1.54, 1.807) is 18.2 Å². The van der Waals surface area contributed by atoms with Crippen LogP contribution in [0.3, 0.4) is 0 Å². The first-order valence-corrected chi connectivity index (χ1v) is 6.93. The summed E-state index contributed by atoms with van der Waals surface area (Å²) in [6, 6.07) is 5.09. The molecule has 4 nitrogen and oxygen atoms in total. The maximum atomic E-state index is 11.9. The second-order valence-electron chi connectivity index (χ2n) is 4.72. The minimum Gasteiger partial charge on any atom is -0.396 e. The first-order chi connectivity index (χ1) is 9.10. The molecule has 0 radical (unpaired) electrons. The van der Waals surface area contributed by atoms with Gasteiger partial charge in [0.1, 0.15) is 0 Å². The van der Waals surface area contributed by atoms with E-state index in [1.165, 1.54) is 0 Å². The fraction of sp³-hybridized carbons (Fsp3) is 0.462. The van der Waals surface area contributed by atoms with Crippen molar-refractivity contribution >= 4 is 34.8 Å². The lowest BCUT2D eigenvalue weighted by molar-refractivity contribution is -0.117. The van der Waals surface area contributed by atoms with Crippen LogP contribution in [0.25, 0.3) is 0 Å². The van der Waals surface area contributed by atoms with Crippen LogP contribution >= 0.6 is 23.2 Å². The SMILES string of the molecule is O=C(CN1CCC(CO)C1)Nc1c(Cl)cccc1Cl. The summed E-state index contributed by atoms with van der Waals surface area (Å²) in [5.74, 6) is 0.130. The summed E-state index contributed by atoms with van der Waals surface area (Å²) >= 11 is 12.0. The molecule has 0 saturated carbocycles. The Morgan fingerprint density at radius 2 is 2.11 bits per heavy atom. The lowest BCUT2D eigenvalue weighted by Gasteiger charge is -2.16. The lowest BCUT2D eigenvalue weighted by Crippen LogP contribution is -2.32. The smallest absolute Gasteiger partial charge is 0.238 e. The van der Waals surface area contributed by atoms with E-state index in [0.717, 1.165) is 19.5 Å². The van der Waals surface area contributed by atoms with E-state index in [4.69, 9.17) is 28.3 Å². The van der Waals surface area contributed by atoms with E-state index in [0.29, 0.717) is 15.7 Å². The third-order valence-corrected chi connectivity index (χ3v) is 3.85. The van der Waals surface area contributed by atoms with Crippen molar-refractivity contribution in [1.82, 2.24) is 4.90 Å². The highest BCUT2D eigenvalue weighted by molar-refractivity contribution is 6.39. The monoisotopic (exact) mass is 302 g/mol. The summed E-state index contributed by atoms with van der Waals surface area (Å²) in [7, 11) is 0. The summed E-state index contributed by atoms with van der Waals surface area (Å²) < 4.78 is 0.